The van der Waals surface area contributed by atoms with E-state index in [1.807, 2.05) is 6.07 Å². The van der Waals surface area contributed by atoms with E-state index in [9.17, 15) is 0 Å². The molecule has 0 saturated carbocycles. The third-order valence-corrected chi connectivity index (χ3v) is 2.30. The van der Waals surface area contributed by atoms with E-state index in [0.717, 1.165) is 5.56 Å². The highest BCUT2D eigenvalue weighted by Gasteiger charge is 2.04. The van der Waals surface area contributed by atoms with E-state index in [0.29, 0.717) is 11.6 Å². The molecule has 0 atom stereocenters. The van der Waals surface area contributed by atoms with Gasteiger partial charge in [0.2, 0.25) is 0 Å². The summed E-state index contributed by atoms with van der Waals surface area (Å²) in [6.45, 7) is 4.12. The molecule has 3 nitrogen and oxygen atoms in total. The van der Waals surface area contributed by atoms with Crippen LogP contribution in [-0.4, -0.2) is 9.97 Å². The molecule has 0 aliphatic carbocycles. The lowest BCUT2D eigenvalue weighted by molar-refractivity contribution is 1.17. The SMILES string of the molecule is Cc1ccc(-c2nccc(N)n2)c(C)c1. The Morgan fingerprint density at radius 1 is 1.13 bits per heavy atom. The third kappa shape index (κ3) is 1.96. The molecule has 0 aliphatic heterocycles. The van der Waals surface area contributed by atoms with Crippen molar-refractivity contribution in [3.8, 4) is 11.4 Å². The molecule has 15 heavy (non-hydrogen) atoms. The number of benzene rings is 1. The lowest BCUT2D eigenvalue weighted by Gasteiger charge is -2.05. The molecule has 1 heterocycles. The number of aryl methyl sites for hydroxylation is 2. The zero-order valence-electron chi connectivity index (χ0n) is 8.86. The topological polar surface area (TPSA) is 51.8 Å². The van der Waals surface area contributed by atoms with Crippen molar-refractivity contribution in [3.63, 3.8) is 0 Å². The Hall–Kier alpha value is -1.90. The Morgan fingerprint density at radius 3 is 2.60 bits per heavy atom. The first-order chi connectivity index (χ1) is 7.16. The molecule has 0 amide bonds. The smallest absolute Gasteiger partial charge is 0.161 e. The molecule has 1 aromatic heterocycles. The zero-order chi connectivity index (χ0) is 10.8. The van der Waals surface area contributed by atoms with Crippen molar-refractivity contribution in [2.24, 2.45) is 0 Å². The lowest BCUT2D eigenvalue weighted by atomic mass is 10.1. The number of nitrogen functional groups attached to an aromatic ring is 1. The second-order valence-electron chi connectivity index (χ2n) is 3.62. The monoisotopic (exact) mass is 199 g/mol. The maximum absolute atomic E-state index is 5.62. The van der Waals surface area contributed by atoms with E-state index in [-0.39, 0.29) is 0 Å². The number of hydrogen-bond donors (Lipinski definition) is 1. The molecule has 2 aromatic rings. The fraction of sp³-hybridized carbons (Fsp3) is 0.167. The first-order valence-electron chi connectivity index (χ1n) is 4.83. The number of aromatic nitrogens is 2. The van der Waals surface area contributed by atoms with Gasteiger partial charge in [-0.25, -0.2) is 9.97 Å². The van der Waals surface area contributed by atoms with E-state index in [2.05, 4.69) is 35.9 Å². The molecular weight excluding hydrogens is 186 g/mol. The Labute approximate surface area is 89.0 Å². The second kappa shape index (κ2) is 3.69. The number of hydrogen-bond acceptors (Lipinski definition) is 3. The molecule has 2 rings (SSSR count). The van der Waals surface area contributed by atoms with E-state index in [1.165, 1.54) is 11.1 Å². The Kier molecular flexibility index (Phi) is 2.37. The van der Waals surface area contributed by atoms with Crippen LogP contribution in [0.3, 0.4) is 0 Å². The van der Waals surface area contributed by atoms with Crippen LogP contribution in [0.25, 0.3) is 11.4 Å². The van der Waals surface area contributed by atoms with Gasteiger partial charge in [0.15, 0.2) is 5.82 Å². The fourth-order valence-corrected chi connectivity index (χ4v) is 1.57. The highest BCUT2D eigenvalue weighted by Crippen LogP contribution is 2.20. The summed E-state index contributed by atoms with van der Waals surface area (Å²) in [5, 5.41) is 0. The second-order valence-corrected chi connectivity index (χ2v) is 3.62. The van der Waals surface area contributed by atoms with Crippen LogP contribution in [0.5, 0.6) is 0 Å². The van der Waals surface area contributed by atoms with E-state index >= 15 is 0 Å². The molecule has 0 fully saturated rings. The van der Waals surface area contributed by atoms with Crippen LogP contribution in [0.4, 0.5) is 5.82 Å². The highest BCUT2D eigenvalue weighted by molar-refractivity contribution is 5.61. The van der Waals surface area contributed by atoms with Crippen molar-refractivity contribution in [1.29, 1.82) is 0 Å². The van der Waals surface area contributed by atoms with Gasteiger partial charge in [0.1, 0.15) is 5.82 Å². The molecule has 0 unspecified atom stereocenters. The standard InChI is InChI=1S/C12H13N3/c1-8-3-4-10(9(2)7-8)12-14-6-5-11(13)15-12/h3-7H,1-2H3,(H2,13,14,15). The van der Waals surface area contributed by atoms with Crippen molar-refractivity contribution in [2.75, 3.05) is 5.73 Å². The molecule has 0 bridgehead atoms. The fourth-order valence-electron chi connectivity index (χ4n) is 1.57. The molecule has 1 aromatic carbocycles. The van der Waals surface area contributed by atoms with Crippen LogP contribution in [-0.2, 0) is 0 Å². The Bertz CT molecular complexity index is 492. The lowest BCUT2D eigenvalue weighted by Crippen LogP contribution is -1.96. The summed E-state index contributed by atoms with van der Waals surface area (Å²) in [5.41, 5.74) is 9.06. The summed E-state index contributed by atoms with van der Waals surface area (Å²) >= 11 is 0. The Morgan fingerprint density at radius 2 is 1.93 bits per heavy atom. The van der Waals surface area contributed by atoms with Gasteiger partial charge in [-0.15, -0.1) is 0 Å². The minimum absolute atomic E-state index is 0.500. The third-order valence-electron chi connectivity index (χ3n) is 2.30. The van der Waals surface area contributed by atoms with Crippen molar-refractivity contribution < 1.29 is 0 Å². The largest absolute Gasteiger partial charge is 0.384 e. The Balaban J connectivity index is 2.54. The minimum atomic E-state index is 0.500. The van der Waals surface area contributed by atoms with Gasteiger partial charge in [-0.3, -0.25) is 0 Å². The van der Waals surface area contributed by atoms with Crippen LogP contribution in [0.1, 0.15) is 11.1 Å². The van der Waals surface area contributed by atoms with Crippen LogP contribution >= 0.6 is 0 Å². The molecular formula is C12H13N3. The minimum Gasteiger partial charge on any atom is -0.384 e. The quantitative estimate of drug-likeness (QED) is 0.767. The van der Waals surface area contributed by atoms with Crippen molar-refractivity contribution in [3.05, 3.63) is 41.6 Å². The predicted molar refractivity (Wildman–Crippen MR) is 61.4 cm³/mol. The van der Waals surface area contributed by atoms with Gasteiger partial charge in [-0.2, -0.15) is 0 Å². The maximum atomic E-state index is 5.62. The average molecular weight is 199 g/mol. The van der Waals surface area contributed by atoms with Gasteiger partial charge in [0.25, 0.3) is 0 Å². The van der Waals surface area contributed by atoms with Crippen LogP contribution in [0.15, 0.2) is 30.5 Å². The zero-order valence-corrected chi connectivity index (χ0v) is 8.86. The van der Waals surface area contributed by atoms with Crippen LogP contribution < -0.4 is 5.73 Å². The molecule has 0 saturated heterocycles. The molecule has 0 radical (unpaired) electrons. The molecule has 0 spiro atoms. The molecule has 0 aliphatic rings. The number of nitrogens with two attached hydrogens (primary N) is 1. The maximum Gasteiger partial charge on any atom is 0.161 e. The van der Waals surface area contributed by atoms with Gasteiger partial charge < -0.3 is 5.73 Å². The van der Waals surface area contributed by atoms with Gasteiger partial charge in [-0.05, 0) is 25.5 Å². The van der Waals surface area contributed by atoms with Gasteiger partial charge >= 0.3 is 0 Å². The van der Waals surface area contributed by atoms with Gasteiger partial charge in [-0.1, -0.05) is 23.8 Å². The highest BCUT2D eigenvalue weighted by atomic mass is 14.9. The average Bonchev–Trinajstić information content (AvgIpc) is 2.17. The summed E-state index contributed by atoms with van der Waals surface area (Å²) in [6, 6.07) is 7.88. The first kappa shape index (κ1) is 9.65. The summed E-state index contributed by atoms with van der Waals surface area (Å²) < 4.78 is 0. The number of anilines is 1. The molecule has 2 N–H and O–H groups in total. The van der Waals surface area contributed by atoms with Crippen LogP contribution in [0.2, 0.25) is 0 Å². The van der Waals surface area contributed by atoms with Crippen molar-refractivity contribution in [1.82, 2.24) is 9.97 Å². The van der Waals surface area contributed by atoms with Crippen LogP contribution in [0, 0.1) is 13.8 Å². The normalized spacial score (nSPS) is 10.3. The van der Waals surface area contributed by atoms with E-state index in [1.54, 1.807) is 12.3 Å². The van der Waals surface area contributed by atoms with Gasteiger partial charge in [0.05, 0.1) is 0 Å². The number of nitrogens with zero attached hydrogens (tertiary/aromatic N) is 2. The van der Waals surface area contributed by atoms with Crippen molar-refractivity contribution in [2.45, 2.75) is 13.8 Å². The summed E-state index contributed by atoms with van der Waals surface area (Å²) in [7, 11) is 0. The first-order valence-corrected chi connectivity index (χ1v) is 4.83. The summed E-state index contributed by atoms with van der Waals surface area (Å²) in [4.78, 5) is 8.41. The van der Waals surface area contributed by atoms with Crippen molar-refractivity contribution >= 4 is 5.82 Å². The number of rotatable bonds is 1. The van der Waals surface area contributed by atoms with Gasteiger partial charge in [0, 0.05) is 11.8 Å². The molecule has 76 valence electrons. The van der Waals surface area contributed by atoms with E-state index < -0.39 is 0 Å². The predicted octanol–water partition coefficient (Wildman–Crippen LogP) is 2.34. The summed E-state index contributed by atoms with van der Waals surface area (Å²) in [5.74, 6) is 1.19. The van der Waals surface area contributed by atoms with E-state index in [4.69, 9.17) is 5.73 Å². The molecule has 3 heteroatoms. The summed E-state index contributed by atoms with van der Waals surface area (Å²) in [6.07, 6.45) is 1.68.